The van der Waals surface area contributed by atoms with Crippen LogP contribution in [0.2, 0.25) is 5.02 Å². The fraction of sp³-hybridized carbons (Fsp3) is 0. The monoisotopic (exact) mass is 460 g/mol. The quantitative estimate of drug-likeness (QED) is 0.488. The maximum Gasteiger partial charge on any atom is 0.272 e. The van der Waals surface area contributed by atoms with E-state index in [1.54, 1.807) is 47.9 Å². The highest BCUT2D eigenvalue weighted by Gasteiger charge is 2.15. The molecule has 7 heteroatoms. The van der Waals surface area contributed by atoms with Crippen LogP contribution in [0.1, 0.15) is 15.2 Å². The molecule has 0 atom stereocenters. The topological polar surface area (TPSA) is 58.2 Å². The van der Waals surface area contributed by atoms with Gasteiger partial charge in [-0.1, -0.05) is 45.7 Å². The lowest BCUT2D eigenvalue weighted by Gasteiger charge is -2.11. The van der Waals surface area contributed by atoms with Crippen LogP contribution >= 0.6 is 38.9 Å². The largest absolute Gasteiger partial charge is 0.321 e. The van der Waals surface area contributed by atoms with Crippen molar-refractivity contribution >= 4 is 62.4 Å². The summed E-state index contributed by atoms with van der Waals surface area (Å²) in [6.45, 7) is 0. The Bertz CT molecular complexity index is 968. The smallest absolute Gasteiger partial charge is 0.272 e. The van der Waals surface area contributed by atoms with E-state index in [-0.39, 0.29) is 11.6 Å². The van der Waals surface area contributed by atoms with Crippen LogP contribution in [-0.4, -0.2) is 11.8 Å². The molecule has 0 unspecified atom stereocenters. The summed E-state index contributed by atoms with van der Waals surface area (Å²) in [5.41, 5.74) is 1.51. The third kappa shape index (κ3) is 5.53. The number of amides is 2. The van der Waals surface area contributed by atoms with E-state index in [0.717, 1.165) is 10.0 Å². The average molecular weight is 462 g/mol. The summed E-state index contributed by atoms with van der Waals surface area (Å²) >= 11 is 10.6. The number of benzene rings is 2. The van der Waals surface area contributed by atoms with E-state index in [4.69, 9.17) is 11.6 Å². The standard InChI is InChI=1S/C20H14BrClN2O2S/c21-14-5-3-13(4-6-14)12-17(24-20(26)18-2-1-11-27-18)19(25)23-16-9-7-15(22)8-10-16/h1-12H,(H,23,25)(H,24,26). The van der Waals surface area contributed by atoms with Crippen LogP contribution < -0.4 is 10.6 Å². The predicted molar refractivity (Wildman–Crippen MR) is 114 cm³/mol. The minimum atomic E-state index is -0.426. The van der Waals surface area contributed by atoms with Crippen molar-refractivity contribution < 1.29 is 9.59 Å². The summed E-state index contributed by atoms with van der Waals surface area (Å²) in [5, 5.41) is 7.84. The van der Waals surface area contributed by atoms with Gasteiger partial charge in [0.25, 0.3) is 11.8 Å². The molecule has 1 aromatic heterocycles. The second-order valence-corrected chi connectivity index (χ2v) is 7.80. The Balaban J connectivity index is 1.85. The Morgan fingerprint density at radius 3 is 2.33 bits per heavy atom. The molecule has 0 saturated heterocycles. The maximum absolute atomic E-state index is 12.7. The molecule has 4 nitrogen and oxygen atoms in total. The third-order valence-corrected chi connectivity index (χ3v) is 5.17. The Kier molecular flexibility index (Phi) is 6.45. The van der Waals surface area contributed by atoms with Crippen molar-refractivity contribution in [3.8, 4) is 0 Å². The van der Waals surface area contributed by atoms with E-state index in [1.807, 2.05) is 24.3 Å². The van der Waals surface area contributed by atoms with E-state index in [1.165, 1.54) is 11.3 Å². The van der Waals surface area contributed by atoms with Gasteiger partial charge in [0.15, 0.2) is 0 Å². The van der Waals surface area contributed by atoms with Gasteiger partial charge in [0.2, 0.25) is 0 Å². The summed E-state index contributed by atoms with van der Waals surface area (Å²) in [6, 6.07) is 17.6. The number of halogens is 2. The predicted octanol–water partition coefficient (Wildman–Crippen LogP) is 5.57. The average Bonchev–Trinajstić information content (AvgIpc) is 3.19. The Morgan fingerprint density at radius 2 is 1.70 bits per heavy atom. The van der Waals surface area contributed by atoms with Crippen LogP contribution in [0.4, 0.5) is 5.69 Å². The van der Waals surface area contributed by atoms with Crippen molar-refractivity contribution in [2.75, 3.05) is 5.32 Å². The zero-order chi connectivity index (χ0) is 19.2. The van der Waals surface area contributed by atoms with Crippen molar-refractivity contribution in [1.29, 1.82) is 0 Å². The fourth-order valence-corrected chi connectivity index (χ4v) is 3.22. The number of hydrogen-bond acceptors (Lipinski definition) is 3. The maximum atomic E-state index is 12.7. The third-order valence-electron chi connectivity index (χ3n) is 3.52. The number of carbonyl (C=O) groups is 2. The van der Waals surface area contributed by atoms with Gasteiger partial charge in [-0.15, -0.1) is 11.3 Å². The highest BCUT2D eigenvalue weighted by Crippen LogP contribution is 2.17. The van der Waals surface area contributed by atoms with Crippen LogP contribution in [0.5, 0.6) is 0 Å². The van der Waals surface area contributed by atoms with E-state index in [2.05, 4.69) is 26.6 Å². The lowest BCUT2D eigenvalue weighted by molar-refractivity contribution is -0.113. The first-order valence-corrected chi connectivity index (χ1v) is 9.95. The second-order valence-electron chi connectivity index (χ2n) is 5.50. The molecule has 3 aromatic rings. The number of nitrogens with one attached hydrogen (secondary N) is 2. The van der Waals surface area contributed by atoms with Gasteiger partial charge in [0.1, 0.15) is 5.70 Å². The first-order chi connectivity index (χ1) is 13.0. The van der Waals surface area contributed by atoms with Crippen molar-refractivity contribution in [2.24, 2.45) is 0 Å². The van der Waals surface area contributed by atoms with Crippen LogP contribution in [-0.2, 0) is 4.79 Å². The SMILES string of the molecule is O=C(Nc1ccc(Cl)cc1)C(=Cc1ccc(Br)cc1)NC(=O)c1cccs1. The molecular weight excluding hydrogens is 448 g/mol. The lowest BCUT2D eigenvalue weighted by Crippen LogP contribution is -2.30. The number of hydrogen-bond donors (Lipinski definition) is 2. The summed E-state index contributed by atoms with van der Waals surface area (Å²) in [6.07, 6.45) is 1.63. The molecule has 0 bridgehead atoms. The van der Waals surface area contributed by atoms with Crippen molar-refractivity contribution in [3.05, 3.63) is 91.7 Å². The van der Waals surface area contributed by atoms with Gasteiger partial charge in [-0.2, -0.15) is 0 Å². The van der Waals surface area contributed by atoms with Gasteiger partial charge >= 0.3 is 0 Å². The first-order valence-electron chi connectivity index (χ1n) is 7.90. The molecule has 0 radical (unpaired) electrons. The molecule has 0 fully saturated rings. The molecular formula is C20H14BrClN2O2S. The molecule has 2 N–H and O–H groups in total. The first kappa shape index (κ1) is 19.4. The van der Waals surface area contributed by atoms with Crippen molar-refractivity contribution in [1.82, 2.24) is 5.32 Å². The zero-order valence-corrected chi connectivity index (χ0v) is 17.1. The highest BCUT2D eigenvalue weighted by molar-refractivity contribution is 9.10. The summed E-state index contributed by atoms with van der Waals surface area (Å²) in [5.74, 6) is -0.759. The minimum absolute atomic E-state index is 0.144. The van der Waals surface area contributed by atoms with E-state index in [9.17, 15) is 9.59 Å². The van der Waals surface area contributed by atoms with Gasteiger partial charge in [0.05, 0.1) is 4.88 Å². The van der Waals surface area contributed by atoms with Gasteiger partial charge in [-0.25, -0.2) is 0 Å². The molecule has 0 saturated carbocycles. The molecule has 1 heterocycles. The van der Waals surface area contributed by atoms with E-state index >= 15 is 0 Å². The number of thiophene rings is 1. The molecule has 0 aliphatic rings. The number of rotatable bonds is 5. The van der Waals surface area contributed by atoms with E-state index < -0.39 is 5.91 Å². The second kappa shape index (κ2) is 8.99. The van der Waals surface area contributed by atoms with Gasteiger partial charge < -0.3 is 10.6 Å². The highest BCUT2D eigenvalue weighted by atomic mass is 79.9. The summed E-state index contributed by atoms with van der Waals surface area (Å²) < 4.78 is 0.925. The van der Waals surface area contributed by atoms with Gasteiger partial charge in [0, 0.05) is 15.2 Å². The number of anilines is 1. The Morgan fingerprint density at radius 1 is 1.00 bits per heavy atom. The van der Waals surface area contributed by atoms with Crippen LogP contribution in [0.3, 0.4) is 0 Å². The fourth-order valence-electron chi connectivity index (χ4n) is 2.21. The van der Waals surface area contributed by atoms with Crippen LogP contribution in [0, 0.1) is 0 Å². The zero-order valence-electron chi connectivity index (χ0n) is 13.9. The van der Waals surface area contributed by atoms with Gasteiger partial charge in [-0.05, 0) is 59.5 Å². The summed E-state index contributed by atoms with van der Waals surface area (Å²) in [7, 11) is 0. The van der Waals surface area contributed by atoms with Crippen molar-refractivity contribution in [3.63, 3.8) is 0 Å². The Labute approximate surface area is 174 Å². The van der Waals surface area contributed by atoms with E-state index in [0.29, 0.717) is 15.6 Å². The normalized spacial score (nSPS) is 11.1. The van der Waals surface area contributed by atoms with Crippen LogP contribution in [0.25, 0.3) is 6.08 Å². The molecule has 2 amide bonds. The summed E-state index contributed by atoms with van der Waals surface area (Å²) in [4.78, 5) is 25.7. The molecule has 136 valence electrons. The van der Waals surface area contributed by atoms with Gasteiger partial charge in [-0.3, -0.25) is 9.59 Å². The van der Waals surface area contributed by atoms with Crippen LogP contribution in [0.15, 0.2) is 76.2 Å². The Hall–Kier alpha value is -2.41. The lowest BCUT2D eigenvalue weighted by atomic mass is 10.2. The van der Waals surface area contributed by atoms with Crippen molar-refractivity contribution in [2.45, 2.75) is 0 Å². The molecule has 0 spiro atoms. The molecule has 27 heavy (non-hydrogen) atoms. The molecule has 0 aliphatic carbocycles. The number of carbonyl (C=O) groups excluding carboxylic acids is 2. The molecule has 0 aliphatic heterocycles. The molecule has 3 rings (SSSR count). The minimum Gasteiger partial charge on any atom is -0.321 e. The molecule has 2 aromatic carbocycles.